The van der Waals surface area contributed by atoms with Crippen LogP contribution < -0.4 is 10.2 Å². The van der Waals surface area contributed by atoms with Gasteiger partial charge in [-0.05, 0) is 32.9 Å². The number of fused-ring (bicyclic) bond motifs is 1. The molecule has 7 nitrogen and oxygen atoms in total. The maximum absolute atomic E-state index is 12.4. The number of carbonyl (C=O) groups is 3. The zero-order chi connectivity index (χ0) is 18.2. The summed E-state index contributed by atoms with van der Waals surface area (Å²) in [4.78, 5) is 37.7. The van der Waals surface area contributed by atoms with Crippen LogP contribution in [0.3, 0.4) is 0 Å². The summed E-state index contributed by atoms with van der Waals surface area (Å²) in [6.45, 7) is 5.71. The molecule has 0 aliphatic carbocycles. The number of anilines is 1. The van der Waals surface area contributed by atoms with E-state index in [4.69, 9.17) is 0 Å². The molecule has 0 radical (unpaired) electrons. The van der Waals surface area contributed by atoms with Crippen LogP contribution in [0.4, 0.5) is 5.13 Å². The van der Waals surface area contributed by atoms with E-state index in [0.29, 0.717) is 15.5 Å². The first-order valence-corrected chi connectivity index (χ1v) is 9.31. The summed E-state index contributed by atoms with van der Waals surface area (Å²) in [5.74, 6) is -0.735. The highest BCUT2D eigenvalue weighted by Crippen LogP contribution is 2.33. The zero-order valence-corrected chi connectivity index (χ0v) is 15.5. The minimum Gasteiger partial charge on any atom is -0.351 e. The fourth-order valence-electron chi connectivity index (χ4n) is 2.30. The first kappa shape index (κ1) is 17.6. The summed E-state index contributed by atoms with van der Waals surface area (Å²) in [5.41, 5.74) is 0.423. The van der Waals surface area contributed by atoms with Crippen molar-refractivity contribution in [1.29, 1.82) is 0 Å². The molecule has 0 saturated carbocycles. The molecule has 1 N–H and O–H groups in total. The van der Waals surface area contributed by atoms with Crippen molar-refractivity contribution >= 4 is 46.0 Å². The number of imide groups is 1. The fourth-order valence-corrected chi connectivity index (χ4v) is 3.93. The van der Waals surface area contributed by atoms with Crippen LogP contribution in [0.1, 0.15) is 41.5 Å². The molecular formula is C16H16N4O3S2. The van der Waals surface area contributed by atoms with Gasteiger partial charge in [-0.3, -0.25) is 14.4 Å². The lowest BCUT2D eigenvalue weighted by Gasteiger charge is -2.19. The third-order valence-electron chi connectivity index (χ3n) is 3.22. The van der Waals surface area contributed by atoms with E-state index in [1.807, 2.05) is 20.8 Å². The fraction of sp³-hybridized carbons (Fsp3) is 0.312. The lowest BCUT2D eigenvalue weighted by molar-refractivity contribution is -0.119. The number of thioether (sulfide) groups is 1. The maximum atomic E-state index is 12.4. The molecule has 1 aromatic heterocycles. The van der Waals surface area contributed by atoms with Gasteiger partial charge in [-0.25, -0.2) is 4.90 Å². The summed E-state index contributed by atoms with van der Waals surface area (Å²) in [5, 5.41) is 11.0. The summed E-state index contributed by atoms with van der Waals surface area (Å²) >= 11 is 2.33. The Labute approximate surface area is 152 Å². The average Bonchev–Trinajstić information content (AvgIpc) is 3.08. The van der Waals surface area contributed by atoms with E-state index < -0.39 is 11.8 Å². The second-order valence-corrected chi connectivity index (χ2v) is 8.61. The largest absolute Gasteiger partial charge is 0.351 e. The van der Waals surface area contributed by atoms with E-state index in [9.17, 15) is 14.4 Å². The van der Waals surface area contributed by atoms with Crippen LogP contribution in [0.25, 0.3) is 0 Å². The molecule has 0 fully saturated rings. The number of hydrogen-bond acceptors (Lipinski definition) is 7. The van der Waals surface area contributed by atoms with E-state index in [1.165, 1.54) is 11.8 Å². The normalized spacial score (nSPS) is 14.0. The molecule has 9 heteroatoms. The van der Waals surface area contributed by atoms with Gasteiger partial charge in [0.05, 0.1) is 16.9 Å². The Morgan fingerprint density at radius 2 is 1.76 bits per heavy atom. The highest BCUT2D eigenvalue weighted by Gasteiger charge is 2.38. The van der Waals surface area contributed by atoms with Crippen LogP contribution in [0.2, 0.25) is 0 Å². The van der Waals surface area contributed by atoms with Gasteiger partial charge >= 0.3 is 0 Å². The van der Waals surface area contributed by atoms with E-state index in [1.54, 1.807) is 24.3 Å². The highest BCUT2D eigenvalue weighted by atomic mass is 32.2. The van der Waals surface area contributed by atoms with Crippen molar-refractivity contribution in [2.75, 3.05) is 10.7 Å². The van der Waals surface area contributed by atoms with Gasteiger partial charge in [0, 0.05) is 5.54 Å². The van der Waals surface area contributed by atoms with Gasteiger partial charge < -0.3 is 5.32 Å². The number of rotatable bonds is 4. The van der Waals surface area contributed by atoms with E-state index in [-0.39, 0.29) is 22.3 Å². The van der Waals surface area contributed by atoms with Crippen molar-refractivity contribution < 1.29 is 14.4 Å². The van der Waals surface area contributed by atoms with E-state index in [0.717, 1.165) is 16.2 Å². The van der Waals surface area contributed by atoms with Gasteiger partial charge in [0.15, 0.2) is 4.34 Å². The first-order valence-electron chi connectivity index (χ1n) is 7.51. The molecule has 0 atom stereocenters. The average molecular weight is 376 g/mol. The van der Waals surface area contributed by atoms with E-state index >= 15 is 0 Å². The molecule has 2 heterocycles. The van der Waals surface area contributed by atoms with Gasteiger partial charge in [-0.15, -0.1) is 10.2 Å². The minimum absolute atomic E-state index is 0.116. The number of carbonyl (C=O) groups excluding carboxylic acids is 3. The van der Waals surface area contributed by atoms with Crippen molar-refractivity contribution in [3.05, 3.63) is 35.4 Å². The molecule has 1 aliphatic rings. The Kier molecular flexibility index (Phi) is 4.61. The SMILES string of the molecule is CC(C)(C)NC(=O)CSc1nnc(N2C(=O)c3ccccc3C2=O)s1. The number of nitrogens with one attached hydrogen (secondary N) is 1. The molecule has 0 spiro atoms. The molecule has 1 aliphatic heterocycles. The molecular weight excluding hydrogens is 360 g/mol. The molecule has 1 aromatic carbocycles. The first-order chi connectivity index (χ1) is 11.8. The Morgan fingerprint density at radius 1 is 1.16 bits per heavy atom. The van der Waals surface area contributed by atoms with Gasteiger partial charge in [-0.1, -0.05) is 35.2 Å². The number of aromatic nitrogens is 2. The number of benzene rings is 1. The van der Waals surface area contributed by atoms with Crippen molar-refractivity contribution in [2.24, 2.45) is 0 Å². The summed E-state index contributed by atoms with van der Waals surface area (Å²) in [6.07, 6.45) is 0. The number of amides is 3. The van der Waals surface area contributed by atoms with E-state index in [2.05, 4.69) is 15.5 Å². The molecule has 0 unspecified atom stereocenters. The van der Waals surface area contributed by atoms with Crippen LogP contribution in [0, 0.1) is 0 Å². The second kappa shape index (κ2) is 6.57. The van der Waals surface area contributed by atoms with Crippen LogP contribution >= 0.6 is 23.1 Å². The Bertz CT molecular complexity index is 822. The summed E-state index contributed by atoms with van der Waals surface area (Å²) < 4.78 is 0.524. The lowest BCUT2D eigenvalue weighted by atomic mass is 10.1. The molecule has 3 rings (SSSR count). The highest BCUT2D eigenvalue weighted by molar-refractivity contribution is 8.01. The molecule has 3 amide bonds. The van der Waals surface area contributed by atoms with Crippen molar-refractivity contribution in [1.82, 2.24) is 15.5 Å². The Balaban J connectivity index is 1.70. The standard InChI is InChI=1S/C16H16N4O3S2/c1-16(2,3)17-11(21)8-24-15-19-18-14(25-15)20-12(22)9-6-4-5-7-10(9)13(20)23/h4-7H,8H2,1-3H3,(H,17,21). The smallest absolute Gasteiger partial charge is 0.268 e. The van der Waals surface area contributed by atoms with Crippen LogP contribution in [-0.4, -0.2) is 39.2 Å². The molecule has 0 saturated heterocycles. The van der Waals surface area contributed by atoms with Crippen molar-refractivity contribution in [3.63, 3.8) is 0 Å². The predicted octanol–water partition coefficient (Wildman–Crippen LogP) is 2.35. The van der Waals surface area contributed by atoms with Crippen LogP contribution in [-0.2, 0) is 4.79 Å². The molecule has 25 heavy (non-hydrogen) atoms. The maximum Gasteiger partial charge on any atom is 0.268 e. The van der Waals surface area contributed by atoms with Crippen molar-refractivity contribution in [3.8, 4) is 0 Å². The lowest BCUT2D eigenvalue weighted by Crippen LogP contribution is -2.41. The zero-order valence-electron chi connectivity index (χ0n) is 13.9. The molecule has 0 bridgehead atoms. The third kappa shape index (κ3) is 3.72. The van der Waals surface area contributed by atoms with Gasteiger partial charge in [0.2, 0.25) is 11.0 Å². The third-order valence-corrected chi connectivity index (χ3v) is 5.26. The van der Waals surface area contributed by atoms with Gasteiger partial charge in [0.25, 0.3) is 11.8 Å². The van der Waals surface area contributed by atoms with Crippen LogP contribution in [0.5, 0.6) is 0 Å². The van der Waals surface area contributed by atoms with Gasteiger partial charge in [0.1, 0.15) is 0 Å². The quantitative estimate of drug-likeness (QED) is 0.500. The minimum atomic E-state index is -0.404. The summed E-state index contributed by atoms with van der Waals surface area (Å²) in [6, 6.07) is 6.65. The predicted molar refractivity (Wildman–Crippen MR) is 96.1 cm³/mol. The topological polar surface area (TPSA) is 92.3 Å². The van der Waals surface area contributed by atoms with Crippen molar-refractivity contribution in [2.45, 2.75) is 30.6 Å². The second-order valence-electron chi connectivity index (χ2n) is 6.43. The Morgan fingerprint density at radius 3 is 2.32 bits per heavy atom. The Hall–Kier alpha value is -2.26. The summed E-state index contributed by atoms with van der Waals surface area (Å²) in [7, 11) is 0. The molecule has 130 valence electrons. The van der Waals surface area contributed by atoms with Crippen LogP contribution in [0.15, 0.2) is 28.6 Å². The number of nitrogens with zero attached hydrogens (tertiary/aromatic N) is 3. The number of hydrogen-bond donors (Lipinski definition) is 1. The van der Waals surface area contributed by atoms with Gasteiger partial charge in [-0.2, -0.15) is 0 Å². The monoisotopic (exact) mass is 376 g/mol. The molecule has 2 aromatic rings.